The third kappa shape index (κ3) is 2.35. The van der Waals surface area contributed by atoms with Gasteiger partial charge in [0, 0.05) is 30.7 Å². The van der Waals surface area contributed by atoms with E-state index >= 15 is 0 Å². The van der Waals surface area contributed by atoms with Gasteiger partial charge < -0.3 is 15.2 Å². The van der Waals surface area contributed by atoms with Crippen LogP contribution in [0.25, 0.3) is 0 Å². The quantitative estimate of drug-likeness (QED) is 0.726. The van der Waals surface area contributed by atoms with Crippen molar-refractivity contribution < 1.29 is 9.84 Å². The van der Waals surface area contributed by atoms with Gasteiger partial charge in [-0.05, 0) is 25.7 Å². The van der Waals surface area contributed by atoms with Crippen molar-refractivity contribution in [2.45, 2.75) is 57.7 Å². The van der Waals surface area contributed by atoms with Crippen LogP contribution in [0.4, 0.5) is 0 Å². The Kier molecular flexibility index (Phi) is 3.33. The Morgan fingerprint density at radius 3 is 2.73 bits per heavy atom. The van der Waals surface area contributed by atoms with Gasteiger partial charge in [0.1, 0.15) is 0 Å². The summed E-state index contributed by atoms with van der Waals surface area (Å²) in [6, 6.07) is 1.07. The van der Waals surface area contributed by atoms with Crippen molar-refractivity contribution in [3.63, 3.8) is 0 Å². The highest BCUT2D eigenvalue weighted by atomic mass is 16.5. The summed E-state index contributed by atoms with van der Waals surface area (Å²) in [5.41, 5.74) is 0.0488. The standard InChI is InChI=1S/C12H23NO2/c1-12(2)10(8-11(12)14)13-9-4-3-6-15-7-5-9/h9-11,13-14H,3-8H2,1-2H3. The number of nitrogens with one attached hydrogen (secondary N) is 1. The maximum absolute atomic E-state index is 9.67. The fourth-order valence-electron chi connectivity index (χ4n) is 2.54. The second kappa shape index (κ2) is 4.40. The number of aliphatic hydroxyl groups excluding tert-OH is 1. The van der Waals surface area contributed by atoms with Crippen LogP contribution >= 0.6 is 0 Å². The molecule has 0 bridgehead atoms. The predicted molar refractivity (Wildman–Crippen MR) is 59.8 cm³/mol. The number of hydrogen-bond acceptors (Lipinski definition) is 3. The van der Waals surface area contributed by atoms with Crippen LogP contribution in [0.15, 0.2) is 0 Å². The molecule has 88 valence electrons. The summed E-state index contributed by atoms with van der Waals surface area (Å²) in [4.78, 5) is 0. The molecule has 0 aromatic heterocycles. The van der Waals surface area contributed by atoms with Crippen molar-refractivity contribution in [2.75, 3.05) is 13.2 Å². The Morgan fingerprint density at radius 1 is 1.27 bits per heavy atom. The van der Waals surface area contributed by atoms with Crippen molar-refractivity contribution in [3.05, 3.63) is 0 Å². The number of aliphatic hydroxyl groups is 1. The third-order valence-corrected chi connectivity index (χ3v) is 4.10. The van der Waals surface area contributed by atoms with Gasteiger partial charge in [-0.15, -0.1) is 0 Å². The van der Waals surface area contributed by atoms with Gasteiger partial charge in [0.05, 0.1) is 6.10 Å². The minimum Gasteiger partial charge on any atom is -0.392 e. The van der Waals surface area contributed by atoms with Gasteiger partial charge in [-0.1, -0.05) is 13.8 Å². The summed E-state index contributed by atoms with van der Waals surface area (Å²) >= 11 is 0. The van der Waals surface area contributed by atoms with Gasteiger partial charge in [-0.3, -0.25) is 0 Å². The maximum Gasteiger partial charge on any atom is 0.0621 e. The first-order valence-electron chi connectivity index (χ1n) is 6.12. The normalized spacial score (nSPS) is 40.6. The zero-order valence-electron chi connectivity index (χ0n) is 9.83. The molecule has 1 aliphatic heterocycles. The highest BCUT2D eigenvalue weighted by Gasteiger charge is 2.47. The van der Waals surface area contributed by atoms with E-state index in [1.807, 2.05) is 0 Å². The van der Waals surface area contributed by atoms with Gasteiger partial charge in [0.15, 0.2) is 0 Å². The highest BCUT2D eigenvalue weighted by molar-refractivity contribution is 5.02. The topological polar surface area (TPSA) is 41.5 Å². The molecule has 2 aliphatic rings. The van der Waals surface area contributed by atoms with E-state index in [-0.39, 0.29) is 11.5 Å². The lowest BCUT2D eigenvalue weighted by atomic mass is 9.64. The monoisotopic (exact) mass is 213 g/mol. The second-order valence-corrected chi connectivity index (χ2v) is 5.53. The lowest BCUT2D eigenvalue weighted by molar-refractivity contribution is -0.0764. The second-order valence-electron chi connectivity index (χ2n) is 5.53. The van der Waals surface area contributed by atoms with E-state index < -0.39 is 0 Å². The van der Waals surface area contributed by atoms with Crippen LogP contribution in [0.3, 0.4) is 0 Å². The molecule has 2 rings (SSSR count). The van der Waals surface area contributed by atoms with Gasteiger partial charge in [-0.25, -0.2) is 0 Å². The molecule has 3 unspecified atom stereocenters. The molecule has 3 nitrogen and oxygen atoms in total. The van der Waals surface area contributed by atoms with Crippen LogP contribution in [-0.4, -0.2) is 36.5 Å². The van der Waals surface area contributed by atoms with Crippen molar-refractivity contribution in [1.82, 2.24) is 5.32 Å². The minimum atomic E-state index is -0.128. The first kappa shape index (κ1) is 11.4. The summed E-state index contributed by atoms with van der Waals surface area (Å²) < 4.78 is 5.44. The van der Waals surface area contributed by atoms with E-state index in [4.69, 9.17) is 4.74 Å². The van der Waals surface area contributed by atoms with E-state index in [1.54, 1.807) is 0 Å². The summed E-state index contributed by atoms with van der Waals surface area (Å²) in [5.74, 6) is 0. The first-order chi connectivity index (χ1) is 7.10. The molecule has 1 saturated carbocycles. The Balaban J connectivity index is 1.81. The van der Waals surface area contributed by atoms with Crippen molar-refractivity contribution >= 4 is 0 Å². The molecule has 0 aromatic carbocycles. The van der Waals surface area contributed by atoms with Crippen molar-refractivity contribution in [3.8, 4) is 0 Å². The Bertz CT molecular complexity index is 210. The Morgan fingerprint density at radius 2 is 2.07 bits per heavy atom. The minimum absolute atomic E-state index is 0.0488. The molecule has 2 fully saturated rings. The molecule has 0 aromatic rings. The molecule has 0 radical (unpaired) electrons. The Labute approximate surface area is 92.2 Å². The van der Waals surface area contributed by atoms with Crippen molar-refractivity contribution in [2.24, 2.45) is 5.41 Å². The lowest BCUT2D eigenvalue weighted by Gasteiger charge is -2.51. The summed E-state index contributed by atoms with van der Waals surface area (Å²) in [6.45, 7) is 6.08. The smallest absolute Gasteiger partial charge is 0.0621 e. The summed E-state index contributed by atoms with van der Waals surface area (Å²) in [7, 11) is 0. The lowest BCUT2D eigenvalue weighted by Crippen LogP contribution is -2.61. The van der Waals surface area contributed by atoms with Crippen LogP contribution in [0, 0.1) is 5.41 Å². The average molecular weight is 213 g/mol. The Hall–Kier alpha value is -0.120. The predicted octanol–water partition coefficient (Wildman–Crippen LogP) is 1.30. The zero-order chi connectivity index (χ0) is 10.9. The molecular formula is C12H23NO2. The molecule has 1 heterocycles. The molecule has 0 amide bonds. The van der Waals surface area contributed by atoms with E-state index in [9.17, 15) is 5.11 Å². The van der Waals surface area contributed by atoms with Crippen LogP contribution < -0.4 is 5.32 Å². The van der Waals surface area contributed by atoms with Gasteiger partial charge in [0.2, 0.25) is 0 Å². The highest BCUT2D eigenvalue weighted by Crippen LogP contribution is 2.40. The van der Waals surface area contributed by atoms with Crippen LogP contribution in [-0.2, 0) is 4.74 Å². The SMILES string of the molecule is CC1(C)C(O)CC1NC1CCCOCC1. The first-order valence-corrected chi connectivity index (χ1v) is 6.12. The third-order valence-electron chi connectivity index (χ3n) is 4.10. The maximum atomic E-state index is 9.67. The molecule has 2 N–H and O–H groups in total. The number of hydrogen-bond donors (Lipinski definition) is 2. The molecule has 3 atom stereocenters. The zero-order valence-corrected chi connectivity index (χ0v) is 9.83. The molecule has 1 saturated heterocycles. The van der Waals surface area contributed by atoms with Crippen LogP contribution in [0.2, 0.25) is 0 Å². The van der Waals surface area contributed by atoms with E-state index in [2.05, 4.69) is 19.2 Å². The molecule has 0 spiro atoms. The van der Waals surface area contributed by atoms with E-state index in [0.717, 1.165) is 32.5 Å². The van der Waals surface area contributed by atoms with Gasteiger partial charge in [-0.2, -0.15) is 0 Å². The average Bonchev–Trinajstić information content (AvgIpc) is 2.46. The van der Waals surface area contributed by atoms with Gasteiger partial charge >= 0.3 is 0 Å². The summed E-state index contributed by atoms with van der Waals surface area (Å²) in [6.07, 6.45) is 4.26. The molecule has 1 aliphatic carbocycles. The van der Waals surface area contributed by atoms with Gasteiger partial charge in [0.25, 0.3) is 0 Å². The fourth-order valence-corrected chi connectivity index (χ4v) is 2.54. The van der Waals surface area contributed by atoms with Crippen LogP contribution in [0.1, 0.15) is 39.5 Å². The van der Waals surface area contributed by atoms with E-state index in [0.29, 0.717) is 12.1 Å². The van der Waals surface area contributed by atoms with Crippen LogP contribution in [0.5, 0.6) is 0 Å². The van der Waals surface area contributed by atoms with Crippen molar-refractivity contribution in [1.29, 1.82) is 0 Å². The number of rotatable bonds is 2. The largest absolute Gasteiger partial charge is 0.392 e. The fraction of sp³-hybridized carbons (Fsp3) is 1.00. The van der Waals surface area contributed by atoms with E-state index in [1.165, 1.54) is 6.42 Å². The molecular weight excluding hydrogens is 190 g/mol. The summed E-state index contributed by atoms with van der Waals surface area (Å²) in [5, 5.41) is 13.3. The number of ether oxygens (including phenoxy) is 1. The molecule has 3 heteroatoms. The molecule has 15 heavy (non-hydrogen) atoms.